The minimum absolute atomic E-state index is 0.0601. The van der Waals surface area contributed by atoms with Crippen LogP contribution < -0.4 is 4.74 Å². The fourth-order valence-electron chi connectivity index (χ4n) is 9.35. The lowest BCUT2D eigenvalue weighted by Gasteiger charge is -2.23. The monoisotopic (exact) mass is 794 g/mol. The summed E-state index contributed by atoms with van der Waals surface area (Å²) in [5, 5.41) is 1.18. The average molecular weight is 795 g/mol. The Morgan fingerprint density at radius 2 is 0.903 bits per heavy atom. The van der Waals surface area contributed by atoms with Gasteiger partial charge in [-0.15, -0.1) is 0 Å². The summed E-state index contributed by atoms with van der Waals surface area (Å²) in [5.41, 5.74) is 15.3. The summed E-state index contributed by atoms with van der Waals surface area (Å²) < 4.78 is 9.46. The molecule has 1 aliphatic heterocycles. The Hall–Kier alpha value is -8.15. The van der Waals surface area contributed by atoms with Gasteiger partial charge in [0.05, 0.1) is 11.2 Å². The molecule has 3 heterocycles. The molecule has 0 N–H and O–H groups in total. The van der Waals surface area contributed by atoms with Crippen molar-refractivity contribution in [3.05, 3.63) is 229 Å². The van der Waals surface area contributed by atoms with Gasteiger partial charge in [0.2, 0.25) is 0 Å². The third kappa shape index (κ3) is 6.13. The van der Waals surface area contributed by atoms with Crippen molar-refractivity contribution in [2.75, 3.05) is 0 Å². The van der Waals surface area contributed by atoms with Gasteiger partial charge in [0.25, 0.3) is 0 Å². The Morgan fingerprint density at radius 1 is 0.403 bits per heavy atom. The van der Waals surface area contributed by atoms with Crippen LogP contribution in [0.15, 0.2) is 212 Å². The standard InChI is InChI=1S/C57H38N4O/c1-4-16-37(17-5-1)40-22-12-25-43(34-40)55-58-56(44-26-13-23-41(35-44)38-18-6-2-7-19-38)60-57(59-55)48-29-15-31-51-52(48)47-32-33-50-53(54(47)62-51)46-28-10-11-30-49(46)61(50)45-27-14-24-42(36-45)39-20-8-3-9-21-39/h1-36,47,54H. The maximum Gasteiger partial charge on any atom is 0.164 e. The Balaban J connectivity index is 0.998. The second kappa shape index (κ2) is 14.8. The number of benzene rings is 8. The van der Waals surface area contributed by atoms with Crippen LogP contribution in [0, 0.1) is 0 Å². The molecule has 5 nitrogen and oxygen atoms in total. The molecule has 5 heteroatoms. The van der Waals surface area contributed by atoms with Crippen molar-refractivity contribution in [1.82, 2.24) is 19.5 Å². The highest BCUT2D eigenvalue weighted by atomic mass is 16.5. The normalized spacial score (nSPS) is 14.8. The Labute approximate surface area is 360 Å². The van der Waals surface area contributed by atoms with E-state index in [0.717, 1.165) is 67.2 Å². The van der Waals surface area contributed by atoms with Crippen LogP contribution in [-0.4, -0.2) is 19.5 Å². The lowest BCUT2D eigenvalue weighted by Crippen LogP contribution is -2.14. The van der Waals surface area contributed by atoms with Gasteiger partial charge in [-0.3, -0.25) is 0 Å². The maximum atomic E-state index is 7.07. The van der Waals surface area contributed by atoms with Crippen molar-refractivity contribution >= 4 is 17.0 Å². The number of hydrogen-bond acceptors (Lipinski definition) is 4. The number of rotatable bonds is 7. The predicted molar refractivity (Wildman–Crippen MR) is 251 cm³/mol. The van der Waals surface area contributed by atoms with Gasteiger partial charge >= 0.3 is 0 Å². The van der Waals surface area contributed by atoms with Gasteiger partial charge in [-0.25, -0.2) is 15.0 Å². The van der Waals surface area contributed by atoms with Crippen LogP contribution in [0.25, 0.3) is 90.2 Å². The molecule has 0 saturated carbocycles. The highest BCUT2D eigenvalue weighted by Crippen LogP contribution is 2.55. The van der Waals surface area contributed by atoms with Crippen LogP contribution in [0.5, 0.6) is 5.75 Å². The van der Waals surface area contributed by atoms with E-state index < -0.39 is 0 Å². The van der Waals surface area contributed by atoms with E-state index in [9.17, 15) is 0 Å². The molecule has 0 bridgehead atoms. The predicted octanol–water partition coefficient (Wildman–Crippen LogP) is 14.1. The zero-order chi connectivity index (χ0) is 41.0. The van der Waals surface area contributed by atoms with Gasteiger partial charge in [-0.1, -0.05) is 176 Å². The smallest absolute Gasteiger partial charge is 0.164 e. The number of fused-ring (bicyclic) bond motifs is 7. The molecule has 62 heavy (non-hydrogen) atoms. The third-order valence-electron chi connectivity index (χ3n) is 12.2. The molecule has 292 valence electrons. The van der Waals surface area contributed by atoms with Crippen LogP contribution in [0.4, 0.5) is 0 Å². The van der Waals surface area contributed by atoms with Crippen LogP contribution in [0.2, 0.25) is 0 Å². The average Bonchev–Trinajstić information content (AvgIpc) is 3.91. The van der Waals surface area contributed by atoms with Crippen LogP contribution >= 0.6 is 0 Å². The topological polar surface area (TPSA) is 52.8 Å². The summed E-state index contributed by atoms with van der Waals surface area (Å²) in [5.74, 6) is 2.63. The van der Waals surface area contributed by atoms with Gasteiger partial charge < -0.3 is 9.30 Å². The summed E-state index contributed by atoms with van der Waals surface area (Å²) >= 11 is 0. The molecule has 2 unspecified atom stereocenters. The van der Waals surface area contributed by atoms with E-state index >= 15 is 0 Å². The van der Waals surface area contributed by atoms with E-state index in [4.69, 9.17) is 19.7 Å². The molecule has 1 aliphatic carbocycles. The molecule has 2 aliphatic rings. The summed E-state index contributed by atoms with van der Waals surface area (Å²) in [4.78, 5) is 15.8. The van der Waals surface area contributed by atoms with E-state index in [1.807, 2.05) is 12.1 Å². The summed E-state index contributed by atoms with van der Waals surface area (Å²) in [6.45, 7) is 0. The lowest BCUT2D eigenvalue weighted by atomic mass is 9.83. The molecule has 0 amide bonds. The van der Waals surface area contributed by atoms with Gasteiger partial charge in [0.15, 0.2) is 17.5 Å². The van der Waals surface area contributed by atoms with E-state index in [2.05, 4.69) is 211 Å². The third-order valence-corrected chi connectivity index (χ3v) is 12.2. The Bertz CT molecular complexity index is 3240. The molecule has 0 fully saturated rings. The molecule has 0 radical (unpaired) electrons. The molecule has 12 rings (SSSR count). The van der Waals surface area contributed by atoms with Gasteiger partial charge in [0, 0.05) is 44.8 Å². The second-order valence-corrected chi connectivity index (χ2v) is 15.9. The first-order chi connectivity index (χ1) is 30.7. The van der Waals surface area contributed by atoms with E-state index in [-0.39, 0.29) is 12.0 Å². The SMILES string of the molecule is C1=CC2c3c(cccc3-c3nc(-c4cccc(-c5ccccc5)c4)nc(-c4cccc(-c5ccccc5)c4)n3)OC2c2c1n(-c1cccc(-c3ccccc3)c1)c1ccccc21. The minimum Gasteiger partial charge on any atom is -0.484 e. The minimum atomic E-state index is -0.236. The molecular weight excluding hydrogens is 757 g/mol. The maximum absolute atomic E-state index is 7.07. The summed E-state index contributed by atoms with van der Waals surface area (Å²) in [7, 11) is 0. The largest absolute Gasteiger partial charge is 0.484 e. The first-order valence-corrected chi connectivity index (χ1v) is 21.1. The van der Waals surface area contributed by atoms with Crippen molar-refractivity contribution in [3.8, 4) is 79.0 Å². The number of ether oxygens (including phenoxy) is 1. The van der Waals surface area contributed by atoms with Crippen molar-refractivity contribution in [2.24, 2.45) is 0 Å². The first-order valence-electron chi connectivity index (χ1n) is 21.1. The molecule has 0 saturated heterocycles. The number of aromatic nitrogens is 4. The van der Waals surface area contributed by atoms with Crippen molar-refractivity contribution in [3.63, 3.8) is 0 Å². The quantitative estimate of drug-likeness (QED) is 0.161. The highest BCUT2D eigenvalue weighted by Gasteiger charge is 2.42. The molecule has 0 spiro atoms. The Kier molecular flexibility index (Phi) is 8.56. The van der Waals surface area contributed by atoms with Crippen LogP contribution in [0.1, 0.15) is 28.8 Å². The molecule has 10 aromatic rings. The molecule has 8 aromatic carbocycles. The van der Waals surface area contributed by atoms with Gasteiger partial charge in [-0.2, -0.15) is 0 Å². The zero-order valence-corrected chi connectivity index (χ0v) is 33.6. The first kappa shape index (κ1) is 35.8. The Morgan fingerprint density at radius 3 is 1.53 bits per heavy atom. The fraction of sp³-hybridized carbons (Fsp3) is 0.0351. The second-order valence-electron chi connectivity index (χ2n) is 15.9. The number of para-hydroxylation sites is 1. The van der Waals surface area contributed by atoms with Crippen molar-refractivity contribution in [1.29, 1.82) is 0 Å². The molecule has 2 aromatic heterocycles. The molecule has 2 atom stereocenters. The zero-order valence-electron chi connectivity index (χ0n) is 33.6. The number of hydrogen-bond donors (Lipinski definition) is 0. The van der Waals surface area contributed by atoms with Gasteiger partial charge in [0.1, 0.15) is 11.9 Å². The number of nitrogens with zero attached hydrogens (tertiary/aromatic N) is 4. The van der Waals surface area contributed by atoms with E-state index in [1.165, 1.54) is 22.1 Å². The van der Waals surface area contributed by atoms with Crippen molar-refractivity contribution < 1.29 is 4.74 Å². The van der Waals surface area contributed by atoms with Gasteiger partial charge in [-0.05, 0) is 75.9 Å². The van der Waals surface area contributed by atoms with Crippen LogP contribution in [0.3, 0.4) is 0 Å². The van der Waals surface area contributed by atoms with E-state index in [0.29, 0.717) is 17.5 Å². The summed E-state index contributed by atoms with van der Waals surface area (Å²) in [6, 6.07) is 72.1. The lowest BCUT2D eigenvalue weighted by molar-refractivity contribution is 0.224. The summed E-state index contributed by atoms with van der Waals surface area (Å²) in [6.07, 6.45) is 4.37. The highest BCUT2D eigenvalue weighted by molar-refractivity contribution is 5.92. The van der Waals surface area contributed by atoms with E-state index in [1.54, 1.807) is 0 Å². The van der Waals surface area contributed by atoms with Crippen LogP contribution in [-0.2, 0) is 0 Å². The van der Waals surface area contributed by atoms with Crippen molar-refractivity contribution in [2.45, 2.75) is 12.0 Å². The molecular formula is C57H38N4O. The fourth-order valence-corrected chi connectivity index (χ4v) is 9.35.